The zero-order valence-corrected chi connectivity index (χ0v) is 11.2. The molecule has 1 unspecified atom stereocenters. The minimum atomic E-state index is -0.740. The van der Waals surface area contributed by atoms with Crippen LogP contribution in [0.5, 0.6) is 0 Å². The maximum absolute atomic E-state index is 10.6. The summed E-state index contributed by atoms with van der Waals surface area (Å²) in [5.74, 6) is 2.44. The van der Waals surface area contributed by atoms with Gasteiger partial charge in [0.05, 0.1) is 5.60 Å². The van der Waals surface area contributed by atoms with Gasteiger partial charge in [0.2, 0.25) is 0 Å². The average Bonchev–Trinajstić information content (AvgIpc) is 2.58. The molecule has 1 aliphatic heterocycles. The lowest BCUT2D eigenvalue weighted by Gasteiger charge is -2.31. The Bertz CT molecular complexity index is 331. The van der Waals surface area contributed by atoms with E-state index in [9.17, 15) is 5.11 Å². The topological polar surface area (TPSA) is 23.5 Å². The molecule has 3 heteroatoms. The van der Waals surface area contributed by atoms with Gasteiger partial charge in [-0.1, -0.05) is 30.3 Å². The fourth-order valence-corrected chi connectivity index (χ4v) is 3.20. The fraction of sp³-hybridized carbons (Fsp3) is 0.571. The number of hydrogen-bond acceptors (Lipinski definition) is 3. The molecule has 2 nitrogen and oxygen atoms in total. The van der Waals surface area contributed by atoms with E-state index in [2.05, 4.69) is 4.90 Å². The second kappa shape index (κ2) is 5.89. The van der Waals surface area contributed by atoms with Gasteiger partial charge in [0, 0.05) is 18.8 Å². The van der Waals surface area contributed by atoms with Crippen molar-refractivity contribution in [1.82, 2.24) is 4.90 Å². The van der Waals surface area contributed by atoms with Crippen molar-refractivity contribution < 1.29 is 5.11 Å². The molecule has 0 aromatic heterocycles. The van der Waals surface area contributed by atoms with E-state index in [0.717, 1.165) is 25.2 Å². The highest BCUT2D eigenvalue weighted by Crippen LogP contribution is 2.22. The normalized spacial score (nSPS) is 21.8. The highest BCUT2D eigenvalue weighted by molar-refractivity contribution is 7.99. The van der Waals surface area contributed by atoms with Gasteiger partial charge in [0.1, 0.15) is 0 Å². The van der Waals surface area contributed by atoms with E-state index in [1.54, 1.807) is 0 Å². The van der Waals surface area contributed by atoms with Crippen LogP contribution in [0.4, 0.5) is 0 Å². The zero-order chi connectivity index (χ0) is 12.1. The molecule has 1 atom stereocenters. The van der Waals surface area contributed by atoms with Gasteiger partial charge in [0.25, 0.3) is 0 Å². The standard InChI is InChI=1S/C14H21NOS/c1-14(16,13-6-3-2-4-7-13)12-15-8-5-10-17-11-9-15/h2-4,6-7,16H,5,8-12H2,1H3. The highest BCUT2D eigenvalue weighted by atomic mass is 32.2. The summed E-state index contributed by atoms with van der Waals surface area (Å²) < 4.78 is 0. The maximum Gasteiger partial charge on any atom is 0.0994 e. The van der Waals surface area contributed by atoms with Crippen LogP contribution in [0.2, 0.25) is 0 Å². The van der Waals surface area contributed by atoms with Crippen molar-refractivity contribution in [3.05, 3.63) is 35.9 Å². The molecule has 0 aliphatic carbocycles. The van der Waals surface area contributed by atoms with Gasteiger partial charge in [0.15, 0.2) is 0 Å². The molecule has 0 radical (unpaired) electrons. The molecule has 17 heavy (non-hydrogen) atoms. The molecule has 0 spiro atoms. The van der Waals surface area contributed by atoms with Gasteiger partial charge in [-0.3, -0.25) is 4.90 Å². The number of aliphatic hydroxyl groups is 1. The molecular formula is C14H21NOS. The third-order valence-corrected chi connectivity index (χ3v) is 4.29. The quantitative estimate of drug-likeness (QED) is 0.892. The summed E-state index contributed by atoms with van der Waals surface area (Å²) in [5, 5.41) is 10.6. The van der Waals surface area contributed by atoms with Gasteiger partial charge < -0.3 is 5.11 Å². The molecule has 0 amide bonds. The summed E-state index contributed by atoms with van der Waals surface area (Å²) in [6.07, 6.45) is 1.23. The third-order valence-electron chi connectivity index (χ3n) is 3.24. The second-order valence-electron chi connectivity index (χ2n) is 4.88. The zero-order valence-electron chi connectivity index (χ0n) is 10.4. The summed E-state index contributed by atoms with van der Waals surface area (Å²) in [6.45, 7) is 4.85. The Morgan fingerprint density at radius 2 is 2.00 bits per heavy atom. The minimum absolute atomic E-state index is 0.734. The number of hydrogen-bond donors (Lipinski definition) is 1. The van der Waals surface area contributed by atoms with E-state index < -0.39 is 5.60 Å². The average molecular weight is 251 g/mol. The molecule has 1 aliphatic rings. The molecule has 0 saturated carbocycles. The Balaban J connectivity index is 2.01. The predicted octanol–water partition coefficient (Wildman–Crippen LogP) is 2.33. The van der Waals surface area contributed by atoms with Crippen LogP contribution in [0.1, 0.15) is 18.9 Å². The molecule has 1 heterocycles. The Morgan fingerprint density at radius 3 is 2.76 bits per heavy atom. The van der Waals surface area contributed by atoms with Crippen LogP contribution in [-0.4, -0.2) is 41.1 Å². The lowest BCUT2D eigenvalue weighted by molar-refractivity contribution is 0.0181. The maximum atomic E-state index is 10.6. The van der Waals surface area contributed by atoms with Crippen molar-refractivity contribution in [1.29, 1.82) is 0 Å². The Hall–Kier alpha value is -0.510. The third kappa shape index (κ3) is 3.73. The minimum Gasteiger partial charge on any atom is -0.384 e. The van der Waals surface area contributed by atoms with Crippen molar-refractivity contribution in [3.8, 4) is 0 Å². The lowest BCUT2D eigenvalue weighted by Crippen LogP contribution is -2.40. The molecule has 1 saturated heterocycles. The molecule has 0 bridgehead atoms. The van der Waals surface area contributed by atoms with Crippen LogP contribution in [0.25, 0.3) is 0 Å². The van der Waals surface area contributed by atoms with Crippen LogP contribution >= 0.6 is 11.8 Å². The van der Waals surface area contributed by atoms with Crippen molar-refractivity contribution in [2.24, 2.45) is 0 Å². The summed E-state index contributed by atoms with van der Waals surface area (Å²) >= 11 is 2.02. The fourth-order valence-electron chi connectivity index (χ4n) is 2.28. The summed E-state index contributed by atoms with van der Waals surface area (Å²) in [6, 6.07) is 9.98. The molecule has 1 aromatic carbocycles. The highest BCUT2D eigenvalue weighted by Gasteiger charge is 2.26. The predicted molar refractivity (Wildman–Crippen MR) is 74.4 cm³/mol. The van der Waals surface area contributed by atoms with E-state index in [-0.39, 0.29) is 0 Å². The molecule has 2 rings (SSSR count). The number of β-amino-alcohol motifs (C(OH)–C–C–N with tert-alkyl or cyclic N) is 1. The second-order valence-corrected chi connectivity index (χ2v) is 6.11. The first kappa shape index (κ1) is 12.9. The molecule has 1 aromatic rings. The van der Waals surface area contributed by atoms with E-state index in [1.165, 1.54) is 17.9 Å². The SMILES string of the molecule is CC(O)(CN1CCCSCC1)c1ccccc1. The first-order valence-electron chi connectivity index (χ1n) is 6.26. The number of nitrogens with zero attached hydrogens (tertiary/aromatic N) is 1. The van der Waals surface area contributed by atoms with Gasteiger partial charge in [-0.25, -0.2) is 0 Å². The van der Waals surface area contributed by atoms with Gasteiger partial charge >= 0.3 is 0 Å². The van der Waals surface area contributed by atoms with Gasteiger partial charge in [-0.15, -0.1) is 0 Å². The van der Waals surface area contributed by atoms with Crippen LogP contribution in [0, 0.1) is 0 Å². The number of rotatable bonds is 3. The van der Waals surface area contributed by atoms with Crippen LogP contribution in [0.3, 0.4) is 0 Å². The summed E-state index contributed by atoms with van der Waals surface area (Å²) in [5.41, 5.74) is 0.271. The Morgan fingerprint density at radius 1 is 1.24 bits per heavy atom. The largest absolute Gasteiger partial charge is 0.384 e. The van der Waals surface area contributed by atoms with Crippen molar-refractivity contribution in [3.63, 3.8) is 0 Å². The van der Waals surface area contributed by atoms with Crippen molar-refractivity contribution in [2.75, 3.05) is 31.1 Å². The lowest BCUT2D eigenvalue weighted by atomic mass is 9.95. The number of benzene rings is 1. The number of thioether (sulfide) groups is 1. The first-order valence-corrected chi connectivity index (χ1v) is 7.42. The van der Waals surface area contributed by atoms with Gasteiger partial charge in [-0.2, -0.15) is 11.8 Å². The van der Waals surface area contributed by atoms with E-state index in [1.807, 2.05) is 49.0 Å². The summed E-state index contributed by atoms with van der Waals surface area (Å²) in [4.78, 5) is 2.38. The molecule has 94 valence electrons. The van der Waals surface area contributed by atoms with Crippen molar-refractivity contribution in [2.45, 2.75) is 18.9 Å². The smallest absolute Gasteiger partial charge is 0.0994 e. The van der Waals surface area contributed by atoms with E-state index in [4.69, 9.17) is 0 Å². The molecular weight excluding hydrogens is 230 g/mol. The first-order chi connectivity index (χ1) is 8.18. The van der Waals surface area contributed by atoms with E-state index >= 15 is 0 Å². The van der Waals surface area contributed by atoms with Crippen LogP contribution < -0.4 is 0 Å². The molecule has 1 N–H and O–H groups in total. The monoisotopic (exact) mass is 251 g/mol. The van der Waals surface area contributed by atoms with Gasteiger partial charge in [-0.05, 0) is 31.2 Å². The van der Waals surface area contributed by atoms with E-state index in [0.29, 0.717) is 0 Å². The summed E-state index contributed by atoms with van der Waals surface area (Å²) in [7, 11) is 0. The van der Waals surface area contributed by atoms with Crippen LogP contribution in [-0.2, 0) is 5.60 Å². The van der Waals surface area contributed by atoms with Crippen molar-refractivity contribution >= 4 is 11.8 Å². The molecule has 1 fully saturated rings. The Labute approximate surface area is 108 Å². The van der Waals surface area contributed by atoms with Crippen LogP contribution in [0.15, 0.2) is 30.3 Å². The Kier molecular flexibility index (Phi) is 4.48.